The Hall–Kier alpha value is -1.75. The quantitative estimate of drug-likeness (QED) is 0.715. The van der Waals surface area contributed by atoms with Crippen LogP contribution in [-0.2, 0) is 14.9 Å². The van der Waals surface area contributed by atoms with Crippen molar-refractivity contribution >= 4 is 23.6 Å². The summed E-state index contributed by atoms with van der Waals surface area (Å²) in [6.45, 7) is 6.65. The molecule has 1 aliphatic carbocycles. The molecule has 1 atom stereocenters. The van der Waals surface area contributed by atoms with Gasteiger partial charge in [-0.3, -0.25) is 4.79 Å². The lowest BCUT2D eigenvalue weighted by Gasteiger charge is -2.41. The van der Waals surface area contributed by atoms with Crippen LogP contribution in [0.15, 0.2) is 24.3 Å². The molecule has 0 aromatic heterocycles. The molecule has 5 nitrogen and oxygen atoms in total. The van der Waals surface area contributed by atoms with E-state index in [2.05, 4.69) is 24.5 Å². The lowest BCUT2D eigenvalue weighted by Crippen LogP contribution is -2.53. The highest BCUT2D eigenvalue weighted by atomic mass is 35.5. The average molecular weight is 381 g/mol. The standard InChI is InChI=1S/C20H29ClN2O3/c1-4-26-19(25)23-17(11-14(2)3)13-22-18(24)20(9-6-10-20)15-7-5-8-16(21)12-15/h5,7-8,12,14,17H,4,6,9-11,13H2,1-3H3,(H,22,24)(H,23,25). The molecule has 6 heteroatoms. The number of nitrogens with one attached hydrogen (secondary N) is 2. The summed E-state index contributed by atoms with van der Waals surface area (Å²) in [6.07, 6.45) is 2.99. The summed E-state index contributed by atoms with van der Waals surface area (Å²) in [4.78, 5) is 24.7. The molecule has 2 rings (SSSR count). The number of carbonyl (C=O) groups excluding carboxylic acids is 2. The second-order valence-corrected chi connectivity index (χ2v) is 7.78. The van der Waals surface area contributed by atoms with Crippen LogP contribution in [0.2, 0.25) is 5.02 Å². The molecule has 1 saturated carbocycles. The number of halogens is 1. The van der Waals surface area contributed by atoms with E-state index in [0.29, 0.717) is 24.1 Å². The highest BCUT2D eigenvalue weighted by molar-refractivity contribution is 6.30. The predicted molar refractivity (Wildman–Crippen MR) is 103 cm³/mol. The molecule has 0 spiro atoms. The molecular weight excluding hydrogens is 352 g/mol. The van der Waals surface area contributed by atoms with Gasteiger partial charge in [0, 0.05) is 17.6 Å². The van der Waals surface area contributed by atoms with Crippen molar-refractivity contribution in [1.29, 1.82) is 0 Å². The van der Waals surface area contributed by atoms with Crippen molar-refractivity contribution in [3.63, 3.8) is 0 Å². The molecule has 1 aliphatic rings. The van der Waals surface area contributed by atoms with Gasteiger partial charge in [0.15, 0.2) is 0 Å². The third kappa shape index (κ3) is 5.13. The first-order valence-electron chi connectivity index (χ1n) is 9.35. The maximum Gasteiger partial charge on any atom is 0.407 e. The summed E-state index contributed by atoms with van der Waals surface area (Å²) in [7, 11) is 0. The van der Waals surface area contributed by atoms with Gasteiger partial charge in [0.05, 0.1) is 12.0 Å². The number of benzene rings is 1. The first kappa shape index (κ1) is 20.6. The molecule has 0 radical (unpaired) electrons. The third-order valence-electron chi connectivity index (χ3n) is 4.88. The number of alkyl carbamates (subject to hydrolysis) is 1. The van der Waals surface area contributed by atoms with Gasteiger partial charge in [-0.05, 0) is 49.8 Å². The second kappa shape index (κ2) is 9.26. The van der Waals surface area contributed by atoms with Gasteiger partial charge in [-0.25, -0.2) is 4.79 Å². The lowest BCUT2D eigenvalue weighted by atomic mass is 9.64. The van der Waals surface area contributed by atoms with Crippen molar-refractivity contribution in [2.75, 3.05) is 13.2 Å². The zero-order valence-corrected chi connectivity index (χ0v) is 16.6. The Morgan fingerprint density at radius 1 is 1.31 bits per heavy atom. The Morgan fingerprint density at radius 3 is 2.58 bits per heavy atom. The fraction of sp³-hybridized carbons (Fsp3) is 0.600. The van der Waals surface area contributed by atoms with Gasteiger partial charge < -0.3 is 15.4 Å². The first-order chi connectivity index (χ1) is 12.4. The van der Waals surface area contributed by atoms with Crippen LogP contribution in [0.5, 0.6) is 0 Å². The number of rotatable bonds is 8. The number of hydrogen-bond donors (Lipinski definition) is 2. The number of amides is 2. The average Bonchev–Trinajstić information content (AvgIpc) is 2.51. The van der Waals surface area contributed by atoms with E-state index in [4.69, 9.17) is 16.3 Å². The molecule has 0 aliphatic heterocycles. The maximum atomic E-state index is 13.0. The molecule has 144 valence electrons. The van der Waals surface area contributed by atoms with E-state index in [-0.39, 0.29) is 11.9 Å². The number of hydrogen-bond acceptors (Lipinski definition) is 3. The van der Waals surface area contributed by atoms with Crippen molar-refractivity contribution in [2.24, 2.45) is 5.92 Å². The molecule has 1 unspecified atom stereocenters. The molecule has 1 aromatic rings. The van der Waals surface area contributed by atoms with E-state index in [1.165, 1.54) is 0 Å². The van der Waals surface area contributed by atoms with Crippen LogP contribution in [0.1, 0.15) is 52.0 Å². The minimum atomic E-state index is -0.503. The highest BCUT2D eigenvalue weighted by Gasteiger charge is 2.45. The van der Waals surface area contributed by atoms with Crippen molar-refractivity contribution < 1.29 is 14.3 Å². The van der Waals surface area contributed by atoms with Crippen LogP contribution < -0.4 is 10.6 Å². The predicted octanol–water partition coefficient (Wildman–Crippen LogP) is 4.04. The maximum absolute atomic E-state index is 13.0. The van der Waals surface area contributed by atoms with Crippen LogP contribution in [0.25, 0.3) is 0 Å². The number of carbonyl (C=O) groups is 2. The zero-order chi connectivity index (χ0) is 19.2. The van der Waals surface area contributed by atoms with E-state index in [9.17, 15) is 9.59 Å². The summed E-state index contributed by atoms with van der Waals surface area (Å²) in [5.74, 6) is 0.398. The topological polar surface area (TPSA) is 67.4 Å². The fourth-order valence-corrected chi connectivity index (χ4v) is 3.64. The molecule has 1 fully saturated rings. The van der Waals surface area contributed by atoms with E-state index < -0.39 is 11.5 Å². The third-order valence-corrected chi connectivity index (χ3v) is 5.12. The fourth-order valence-electron chi connectivity index (χ4n) is 3.45. The molecule has 0 bridgehead atoms. The van der Waals surface area contributed by atoms with Crippen molar-refractivity contribution in [3.05, 3.63) is 34.9 Å². The Kier molecular flexibility index (Phi) is 7.33. The monoisotopic (exact) mass is 380 g/mol. The molecule has 0 saturated heterocycles. The Balaban J connectivity index is 2.02. The smallest absolute Gasteiger partial charge is 0.407 e. The Bertz CT molecular complexity index is 629. The van der Waals surface area contributed by atoms with E-state index in [1.54, 1.807) is 6.92 Å². The summed E-state index contributed by atoms with van der Waals surface area (Å²) < 4.78 is 4.97. The summed E-state index contributed by atoms with van der Waals surface area (Å²) >= 11 is 6.12. The van der Waals surface area contributed by atoms with Crippen molar-refractivity contribution in [1.82, 2.24) is 10.6 Å². The van der Waals surface area contributed by atoms with E-state index in [1.807, 2.05) is 24.3 Å². The molecule has 0 heterocycles. The SMILES string of the molecule is CCOC(=O)NC(CNC(=O)C1(c2cccc(Cl)c2)CCC1)CC(C)C. The van der Waals surface area contributed by atoms with Gasteiger partial charge in [0.1, 0.15) is 0 Å². The van der Waals surface area contributed by atoms with Crippen LogP contribution in [0.3, 0.4) is 0 Å². The van der Waals surface area contributed by atoms with Gasteiger partial charge in [-0.2, -0.15) is 0 Å². The van der Waals surface area contributed by atoms with Gasteiger partial charge in [0.25, 0.3) is 0 Å². The molecule has 2 N–H and O–H groups in total. The Morgan fingerprint density at radius 2 is 2.04 bits per heavy atom. The van der Waals surface area contributed by atoms with E-state index >= 15 is 0 Å². The summed E-state index contributed by atoms with van der Waals surface area (Å²) in [5, 5.41) is 6.53. The van der Waals surface area contributed by atoms with Gasteiger partial charge >= 0.3 is 6.09 Å². The van der Waals surface area contributed by atoms with Crippen LogP contribution in [-0.4, -0.2) is 31.2 Å². The molecule has 26 heavy (non-hydrogen) atoms. The molecule has 2 amide bonds. The van der Waals surface area contributed by atoms with Gasteiger partial charge in [-0.1, -0.05) is 44.0 Å². The normalized spacial score (nSPS) is 16.5. The zero-order valence-electron chi connectivity index (χ0n) is 15.8. The highest BCUT2D eigenvalue weighted by Crippen LogP contribution is 2.44. The minimum absolute atomic E-state index is 0.00503. The van der Waals surface area contributed by atoms with Crippen molar-refractivity contribution in [2.45, 2.75) is 57.9 Å². The van der Waals surface area contributed by atoms with Gasteiger partial charge in [-0.15, -0.1) is 0 Å². The summed E-state index contributed by atoms with van der Waals surface area (Å²) in [5.41, 5.74) is 0.463. The van der Waals surface area contributed by atoms with Gasteiger partial charge in [0.2, 0.25) is 5.91 Å². The first-order valence-corrected chi connectivity index (χ1v) is 9.73. The number of ether oxygens (including phenoxy) is 1. The minimum Gasteiger partial charge on any atom is -0.450 e. The lowest BCUT2D eigenvalue weighted by molar-refractivity contribution is -0.130. The van der Waals surface area contributed by atoms with Crippen molar-refractivity contribution in [3.8, 4) is 0 Å². The van der Waals surface area contributed by atoms with Crippen LogP contribution in [0.4, 0.5) is 4.79 Å². The van der Waals surface area contributed by atoms with Crippen LogP contribution >= 0.6 is 11.6 Å². The summed E-state index contributed by atoms with van der Waals surface area (Å²) in [6, 6.07) is 7.39. The second-order valence-electron chi connectivity index (χ2n) is 7.35. The largest absolute Gasteiger partial charge is 0.450 e. The van der Waals surface area contributed by atoms with Crippen LogP contribution in [0, 0.1) is 5.92 Å². The Labute approximate surface area is 160 Å². The van der Waals surface area contributed by atoms with E-state index in [0.717, 1.165) is 31.2 Å². The molecule has 1 aromatic carbocycles. The molecular formula is C20H29ClN2O3.